The van der Waals surface area contributed by atoms with Gasteiger partial charge >= 0.3 is 5.97 Å². The highest BCUT2D eigenvalue weighted by Gasteiger charge is 2.41. The molecule has 2 rings (SSSR count). The van der Waals surface area contributed by atoms with Gasteiger partial charge in [-0.15, -0.1) is 0 Å². The fourth-order valence-corrected chi connectivity index (χ4v) is 3.04. The first-order valence-electron chi connectivity index (χ1n) is 9.65. The molecule has 0 saturated heterocycles. The van der Waals surface area contributed by atoms with Crippen molar-refractivity contribution in [3.8, 4) is 5.75 Å². The molecule has 27 heavy (non-hydrogen) atoms. The number of ether oxygens (including phenoxy) is 2. The number of fused-ring (bicyclic) bond motifs is 1. The topological polar surface area (TPSA) is 72.9 Å². The van der Waals surface area contributed by atoms with E-state index < -0.39 is 18.1 Å². The molecule has 0 saturated carbocycles. The molecule has 0 aromatic heterocycles. The van der Waals surface area contributed by atoms with Gasteiger partial charge in [-0.25, -0.2) is 4.79 Å². The van der Waals surface area contributed by atoms with Gasteiger partial charge in [0.15, 0.2) is 11.9 Å². The van der Waals surface area contributed by atoms with E-state index in [0.29, 0.717) is 36.4 Å². The van der Waals surface area contributed by atoms with Crippen molar-refractivity contribution in [1.82, 2.24) is 0 Å². The van der Waals surface area contributed by atoms with Crippen LogP contribution in [0.2, 0.25) is 0 Å². The smallest absolute Gasteiger partial charge is 0.328 e. The average Bonchev–Trinajstić information content (AvgIpc) is 2.64. The van der Waals surface area contributed by atoms with Crippen LogP contribution in [-0.4, -0.2) is 36.4 Å². The Morgan fingerprint density at radius 3 is 2.48 bits per heavy atom. The predicted molar refractivity (Wildman–Crippen MR) is 103 cm³/mol. The Balaban J connectivity index is 2.46. The number of esters is 1. The normalized spacial score (nSPS) is 17.3. The summed E-state index contributed by atoms with van der Waals surface area (Å²) in [5.74, 6) is -0.325. The standard InChI is InChI=1S/C21H29NO5/c1-6-8-17(23)15-9-10-18-16(12-15)22(14(5)21(25)26-11-7-2)20(24)19(27-18)13(3)4/h9-10,12-14,19H,6-8,11H2,1-5H3. The van der Waals surface area contributed by atoms with Crippen LogP contribution in [0.25, 0.3) is 0 Å². The van der Waals surface area contributed by atoms with E-state index in [0.717, 1.165) is 6.42 Å². The number of hydrogen-bond acceptors (Lipinski definition) is 5. The summed E-state index contributed by atoms with van der Waals surface area (Å²) < 4.78 is 11.1. The minimum absolute atomic E-state index is 0.0000976. The largest absolute Gasteiger partial charge is 0.478 e. The van der Waals surface area contributed by atoms with Gasteiger partial charge in [-0.3, -0.25) is 14.5 Å². The third-order valence-electron chi connectivity index (χ3n) is 4.53. The lowest BCUT2D eigenvalue weighted by molar-refractivity contribution is -0.147. The highest BCUT2D eigenvalue weighted by atomic mass is 16.5. The Morgan fingerprint density at radius 2 is 1.89 bits per heavy atom. The Bertz CT molecular complexity index is 713. The summed E-state index contributed by atoms with van der Waals surface area (Å²) in [6, 6.07) is 4.26. The molecular formula is C21H29NO5. The Kier molecular flexibility index (Phi) is 6.99. The van der Waals surface area contributed by atoms with Crippen molar-refractivity contribution in [1.29, 1.82) is 0 Å². The van der Waals surface area contributed by atoms with Gasteiger partial charge in [0.1, 0.15) is 11.8 Å². The van der Waals surface area contributed by atoms with Crippen LogP contribution in [0.1, 0.15) is 64.2 Å². The van der Waals surface area contributed by atoms with Crippen LogP contribution < -0.4 is 9.64 Å². The summed E-state index contributed by atoms with van der Waals surface area (Å²) in [6.07, 6.45) is 1.19. The molecule has 1 aliphatic heterocycles. The van der Waals surface area contributed by atoms with Crippen LogP contribution in [0, 0.1) is 5.92 Å². The molecule has 6 heteroatoms. The minimum atomic E-state index is -0.801. The second-order valence-corrected chi connectivity index (χ2v) is 7.19. The van der Waals surface area contributed by atoms with Gasteiger partial charge in [-0.1, -0.05) is 27.7 Å². The Morgan fingerprint density at radius 1 is 1.19 bits per heavy atom. The molecule has 2 atom stereocenters. The molecule has 1 aliphatic rings. The maximum Gasteiger partial charge on any atom is 0.328 e. The van der Waals surface area contributed by atoms with Gasteiger partial charge in [0.2, 0.25) is 0 Å². The molecule has 148 valence electrons. The Labute approximate surface area is 160 Å². The zero-order chi connectivity index (χ0) is 20.1. The van der Waals surface area contributed by atoms with Crippen molar-refractivity contribution < 1.29 is 23.9 Å². The maximum absolute atomic E-state index is 13.1. The van der Waals surface area contributed by atoms with Crippen molar-refractivity contribution in [2.45, 2.75) is 66.0 Å². The molecule has 1 aromatic carbocycles. The summed E-state index contributed by atoms with van der Waals surface area (Å²) in [6.45, 7) is 9.58. The predicted octanol–water partition coefficient (Wildman–Crippen LogP) is 3.76. The molecule has 1 aromatic rings. The van der Waals surface area contributed by atoms with E-state index in [-0.39, 0.29) is 17.6 Å². The molecule has 0 fully saturated rings. The van der Waals surface area contributed by atoms with Crippen LogP contribution in [0.4, 0.5) is 5.69 Å². The van der Waals surface area contributed by atoms with Crippen molar-refractivity contribution in [3.63, 3.8) is 0 Å². The van der Waals surface area contributed by atoms with Crippen molar-refractivity contribution in [3.05, 3.63) is 23.8 Å². The van der Waals surface area contributed by atoms with Crippen molar-refractivity contribution in [2.24, 2.45) is 5.92 Å². The van der Waals surface area contributed by atoms with Gasteiger partial charge in [0.05, 0.1) is 12.3 Å². The maximum atomic E-state index is 13.1. The lowest BCUT2D eigenvalue weighted by Gasteiger charge is -2.38. The van der Waals surface area contributed by atoms with E-state index in [1.54, 1.807) is 25.1 Å². The fourth-order valence-electron chi connectivity index (χ4n) is 3.04. The minimum Gasteiger partial charge on any atom is -0.478 e. The summed E-state index contributed by atoms with van der Waals surface area (Å²) in [5.41, 5.74) is 0.953. The number of nitrogens with zero attached hydrogens (tertiary/aromatic N) is 1. The summed E-state index contributed by atoms with van der Waals surface area (Å²) in [4.78, 5) is 39.2. The van der Waals surface area contributed by atoms with E-state index in [9.17, 15) is 14.4 Å². The van der Waals surface area contributed by atoms with Crippen LogP contribution in [0.3, 0.4) is 0 Å². The lowest BCUT2D eigenvalue weighted by atomic mass is 9.99. The number of benzene rings is 1. The van der Waals surface area contributed by atoms with Gasteiger partial charge < -0.3 is 9.47 Å². The van der Waals surface area contributed by atoms with E-state index >= 15 is 0 Å². The first kappa shape index (κ1) is 20.9. The van der Waals surface area contributed by atoms with E-state index in [1.165, 1.54) is 4.90 Å². The average molecular weight is 375 g/mol. The fraction of sp³-hybridized carbons (Fsp3) is 0.571. The number of hydrogen-bond donors (Lipinski definition) is 0. The van der Waals surface area contributed by atoms with Gasteiger partial charge in [0, 0.05) is 12.0 Å². The summed E-state index contributed by atoms with van der Waals surface area (Å²) >= 11 is 0. The SMILES string of the molecule is CCCOC(=O)C(C)N1C(=O)C(C(C)C)Oc2ccc(C(=O)CCC)cc21. The summed E-state index contributed by atoms with van der Waals surface area (Å²) in [7, 11) is 0. The highest BCUT2D eigenvalue weighted by Crippen LogP contribution is 2.38. The Hall–Kier alpha value is -2.37. The molecule has 0 N–H and O–H groups in total. The monoisotopic (exact) mass is 375 g/mol. The molecular weight excluding hydrogens is 346 g/mol. The molecule has 2 unspecified atom stereocenters. The second-order valence-electron chi connectivity index (χ2n) is 7.19. The first-order valence-corrected chi connectivity index (χ1v) is 9.65. The van der Waals surface area contributed by atoms with Crippen LogP contribution in [-0.2, 0) is 14.3 Å². The zero-order valence-electron chi connectivity index (χ0n) is 16.8. The van der Waals surface area contributed by atoms with Crippen molar-refractivity contribution >= 4 is 23.3 Å². The number of Topliss-reactive ketones (excluding diaryl/α,β-unsaturated/α-hetero) is 1. The highest BCUT2D eigenvalue weighted by molar-refractivity contribution is 6.06. The van der Waals surface area contributed by atoms with E-state index in [1.807, 2.05) is 27.7 Å². The number of carbonyl (C=O) groups excluding carboxylic acids is 3. The number of rotatable bonds is 8. The molecule has 0 spiro atoms. The van der Waals surface area contributed by atoms with Gasteiger partial charge in [-0.2, -0.15) is 0 Å². The van der Waals surface area contributed by atoms with Gasteiger partial charge in [-0.05, 0) is 43.9 Å². The van der Waals surface area contributed by atoms with Gasteiger partial charge in [0.25, 0.3) is 5.91 Å². The van der Waals surface area contributed by atoms with Crippen LogP contribution in [0.5, 0.6) is 5.75 Å². The summed E-state index contributed by atoms with van der Waals surface area (Å²) in [5, 5.41) is 0. The molecule has 0 aliphatic carbocycles. The molecule has 0 bridgehead atoms. The zero-order valence-corrected chi connectivity index (χ0v) is 16.8. The second kappa shape index (κ2) is 9.02. The molecule has 1 amide bonds. The number of carbonyl (C=O) groups is 3. The van der Waals surface area contributed by atoms with Crippen LogP contribution in [0.15, 0.2) is 18.2 Å². The first-order chi connectivity index (χ1) is 12.8. The molecule has 6 nitrogen and oxygen atoms in total. The molecule has 0 radical (unpaired) electrons. The third kappa shape index (κ3) is 4.49. The lowest BCUT2D eigenvalue weighted by Crippen LogP contribution is -2.54. The third-order valence-corrected chi connectivity index (χ3v) is 4.53. The van der Waals surface area contributed by atoms with E-state index in [4.69, 9.17) is 9.47 Å². The number of amides is 1. The molecule has 1 heterocycles. The number of ketones is 1. The van der Waals surface area contributed by atoms with Crippen LogP contribution >= 0.6 is 0 Å². The number of anilines is 1. The van der Waals surface area contributed by atoms with E-state index in [2.05, 4.69) is 0 Å². The van der Waals surface area contributed by atoms with Crippen molar-refractivity contribution in [2.75, 3.05) is 11.5 Å². The quantitative estimate of drug-likeness (QED) is 0.511.